The first kappa shape index (κ1) is 11.7. The fraction of sp³-hybridized carbons (Fsp3) is 0.417. The van der Waals surface area contributed by atoms with Gasteiger partial charge in [-0.15, -0.1) is 0 Å². The molecule has 1 aromatic carbocycles. The van der Waals surface area contributed by atoms with Gasteiger partial charge in [-0.1, -0.05) is 13.0 Å². The summed E-state index contributed by atoms with van der Waals surface area (Å²) in [6.07, 6.45) is 0.924. The highest BCUT2D eigenvalue weighted by molar-refractivity contribution is 5.94. The molecule has 0 spiro atoms. The Balaban J connectivity index is 2.81. The highest BCUT2D eigenvalue weighted by atomic mass is 16.3. The van der Waals surface area contributed by atoms with E-state index < -0.39 is 0 Å². The van der Waals surface area contributed by atoms with Crippen LogP contribution in [0.2, 0.25) is 0 Å². The molecule has 0 unspecified atom stereocenters. The normalized spacial score (nSPS) is 10.1. The Labute approximate surface area is 90.1 Å². The third kappa shape index (κ3) is 3.06. The summed E-state index contributed by atoms with van der Waals surface area (Å²) in [6.45, 7) is 4.37. The molecule has 0 saturated carbocycles. The third-order valence-corrected chi connectivity index (χ3v) is 2.39. The fourth-order valence-electron chi connectivity index (χ4n) is 1.47. The lowest BCUT2D eigenvalue weighted by Gasteiger charge is -2.07. The molecule has 82 valence electrons. The van der Waals surface area contributed by atoms with E-state index in [4.69, 9.17) is 5.11 Å². The van der Waals surface area contributed by atoms with Crippen molar-refractivity contribution in [2.24, 2.45) is 0 Å². The molecule has 3 heteroatoms. The maximum absolute atomic E-state index is 11.6. The minimum Gasteiger partial charge on any atom is -0.395 e. The van der Waals surface area contributed by atoms with Gasteiger partial charge in [-0.3, -0.25) is 4.79 Å². The number of hydrogen-bond acceptors (Lipinski definition) is 2. The van der Waals surface area contributed by atoms with Crippen LogP contribution in [0.4, 0.5) is 0 Å². The van der Waals surface area contributed by atoms with E-state index in [9.17, 15) is 4.79 Å². The molecule has 3 nitrogen and oxygen atoms in total. The van der Waals surface area contributed by atoms with E-state index in [1.54, 1.807) is 6.07 Å². The molecule has 0 atom stereocenters. The van der Waals surface area contributed by atoms with Crippen molar-refractivity contribution in [1.82, 2.24) is 5.32 Å². The first-order chi connectivity index (χ1) is 7.19. The lowest BCUT2D eigenvalue weighted by Crippen LogP contribution is -2.26. The van der Waals surface area contributed by atoms with Crippen LogP contribution in [0.5, 0.6) is 0 Å². The molecule has 15 heavy (non-hydrogen) atoms. The molecule has 0 aliphatic carbocycles. The Kier molecular flexibility index (Phi) is 4.31. The number of hydrogen-bond donors (Lipinski definition) is 2. The average molecular weight is 207 g/mol. The molecular formula is C12H17NO2. The summed E-state index contributed by atoms with van der Waals surface area (Å²) in [4.78, 5) is 11.6. The summed E-state index contributed by atoms with van der Waals surface area (Å²) in [6, 6.07) is 5.66. The van der Waals surface area contributed by atoms with Crippen molar-refractivity contribution in [2.75, 3.05) is 13.2 Å². The molecule has 2 N–H and O–H groups in total. The number of carbonyl (C=O) groups is 1. The van der Waals surface area contributed by atoms with E-state index >= 15 is 0 Å². The SMILES string of the molecule is CCc1cc(C(=O)NCCO)ccc1C. The van der Waals surface area contributed by atoms with Crippen LogP contribution in [0, 0.1) is 6.92 Å². The largest absolute Gasteiger partial charge is 0.395 e. The van der Waals surface area contributed by atoms with Gasteiger partial charge in [0.2, 0.25) is 0 Å². The van der Waals surface area contributed by atoms with Gasteiger partial charge in [0, 0.05) is 12.1 Å². The summed E-state index contributed by atoms with van der Waals surface area (Å²) >= 11 is 0. The van der Waals surface area contributed by atoms with Crippen LogP contribution in [0.3, 0.4) is 0 Å². The van der Waals surface area contributed by atoms with Crippen molar-refractivity contribution in [3.8, 4) is 0 Å². The molecule has 1 rings (SSSR count). The van der Waals surface area contributed by atoms with Gasteiger partial charge in [0.05, 0.1) is 6.61 Å². The summed E-state index contributed by atoms with van der Waals surface area (Å²) in [5.41, 5.74) is 3.05. The van der Waals surface area contributed by atoms with Gasteiger partial charge in [0.25, 0.3) is 5.91 Å². The van der Waals surface area contributed by atoms with Crippen LogP contribution in [0.25, 0.3) is 0 Å². The van der Waals surface area contributed by atoms with E-state index in [0.717, 1.165) is 6.42 Å². The van der Waals surface area contributed by atoms with Crippen LogP contribution < -0.4 is 5.32 Å². The molecule has 0 aromatic heterocycles. The fourth-order valence-corrected chi connectivity index (χ4v) is 1.47. The zero-order valence-corrected chi connectivity index (χ0v) is 9.21. The number of aryl methyl sites for hydroxylation is 2. The highest BCUT2D eigenvalue weighted by Gasteiger charge is 2.06. The van der Waals surface area contributed by atoms with E-state index in [0.29, 0.717) is 12.1 Å². The molecule has 0 radical (unpaired) electrons. The number of benzene rings is 1. The number of amides is 1. The molecule has 1 aromatic rings. The predicted molar refractivity (Wildman–Crippen MR) is 60.0 cm³/mol. The zero-order chi connectivity index (χ0) is 11.3. The van der Waals surface area contributed by atoms with Crippen molar-refractivity contribution >= 4 is 5.91 Å². The molecular weight excluding hydrogens is 190 g/mol. The van der Waals surface area contributed by atoms with Crippen molar-refractivity contribution in [3.63, 3.8) is 0 Å². The maximum atomic E-state index is 11.6. The second-order valence-corrected chi connectivity index (χ2v) is 3.47. The van der Waals surface area contributed by atoms with E-state index in [1.165, 1.54) is 11.1 Å². The Morgan fingerprint density at radius 3 is 2.80 bits per heavy atom. The number of rotatable bonds is 4. The van der Waals surface area contributed by atoms with Crippen LogP contribution in [-0.2, 0) is 6.42 Å². The topological polar surface area (TPSA) is 49.3 Å². The van der Waals surface area contributed by atoms with Crippen LogP contribution >= 0.6 is 0 Å². The summed E-state index contributed by atoms with van der Waals surface area (Å²) in [5, 5.41) is 11.2. The first-order valence-corrected chi connectivity index (χ1v) is 5.17. The molecule has 0 aliphatic heterocycles. The Bertz CT molecular complexity index is 347. The third-order valence-electron chi connectivity index (χ3n) is 2.39. The molecule has 1 amide bonds. The summed E-state index contributed by atoms with van der Waals surface area (Å²) < 4.78 is 0. The number of nitrogens with one attached hydrogen (secondary N) is 1. The molecule has 0 bridgehead atoms. The van der Waals surface area contributed by atoms with Crippen LogP contribution in [0.15, 0.2) is 18.2 Å². The number of aliphatic hydroxyl groups is 1. The van der Waals surface area contributed by atoms with Gasteiger partial charge in [-0.2, -0.15) is 0 Å². The smallest absolute Gasteiger partial charge is 0.251 e. The van der Waals surface area contributed by atoms with Gasteiger partial charge >= 0.3 is 0 Å². The summed E-state index contributed by atoms with van der Waals surface area (Å²) in [7, 11) is 0. The quantitative estimate of drug-likeness (QED) is 0.781. The Morgan fingerprint density at radius 1 is 1.47 bits per heavy atom. The zero-order valence-electron chi connectivity index (χ0n) is 9.21. The maximum Gasteiger partial charge on any atom is 0.251 e. The monoisotopic (exact) mass is 207 g/mol. The van der Waals surface area contributed by atoms with Gasteiger partial charge in [0.15, 0.2) is 0 Å². The van der Waals surface area contributed by atoms with Crippen LogP contribution in [0.1, 0.15) is 28.4 Å². The first-order valence-electron chi connectivity index (χ1n) is 5.17. The van der Waals surface area contributed by atoms with Gasteiger partial charge in [0.1, 0.15) is 0 Å². The second-order valence-electron chi connectivity index (χ2n) is 3.47. The van der Waals surface area contributed by atoms with Crippen molar-refractivity contribution in [2.45, 2.75) is 20.3 Å². The van der Waals surface area contributed by atoms with Gasteiger partial charge < -0.3 is 10.4 Å². The van der Waals surface area contributed by atoms with E-state index in [1.807, 2.05) is 19.1 Å². The van der Waals surface area contributed by atoms with E-state index in [-0.39, 0.29) is 12.5 Å². The average Bonchev–Trinajstić information content (AvgIpc) is 2.26. The molecule has 0 saturated heterocycles. The standard InChI is InChI=1S/C12H17NO2/c1-3-10-8-11(5-4-9(10)2)12(15)13-6-7-14/h4-5,8,14H,3,6-7H2,1-2H3,(H,13,15). The van der Waals surface area contributed by atoms with Gasteiger partial charge in [-0.05, 0) is 36.6 Å². The van der Waals surface area contributed by atoms with Crippen molar-refractivity contribution in [3.05, 3.63) is 34.9 Å². The summed E-state index contributed by atoms with van der Waals surface area (Å²) in [5.74, 6) is -0.126. The van der Waals surface area contributed by atoms with Gasteiger partial charge in [-0.25, -0.2) is 0 Å². The lowest BCUT2D eigenvalue weighted by atomic mass is 10.0. The lowest BCUT2D eigenvalue weighted by molar-refractivity contribution is 0.0944. The minimum absolute atomic E-state index is 0.0295. The highest BCUT2D eigenvalue weighted by Crippen LogP contribution is 2.11. The predicted octanol–water partition coefficient (Wildman–Crippen LogP) is 1.28. The second kappa shape index (κ2) is 5.51. The van der Waals surface area contributed by atoms with Crippen LogP contribution in [-0.4, -0.2) is 24.2 Å². The molecule has 0 fully saturated rings. The van der Waals surface area contributed by atoms with Crippen molar-refractivity contribution in [1.29, 1.82) is 0 Å². The Morgan fingerprint density at radius 2 is 2.20 bits per heavy atom. The van der Waals surface area contributed by atoms with E-state index in [2.05, 4.69) is 12.2 Å². The molecule has 0 heterocycles. The Hall–Kier alpha value is -1.35. The molecule has 0 aliphatic rings. The minimum atomic E-state index is -0.126. The van der Waals surface area contributed by atoms with Crippen molar-refractivity contribution < 1.29 is 9.90 Å². The number of carbonyl (C=O) groups excluding carboxylic acids is 1. The number of aliphatic hydroxyl groups excluding tert-OH is 1.